The molecule has 0 bridgehead atoms. The van der Waals surface area contributed by atoms with Gasteiger partial charge in [-0.05, 0) is 41.8 Å². The lowest BCUT2D eigenvalue weighted by atomic mass is 10.1. The summed E-state index contributed by atoms with van der Waals surface area (Å²) in [4.78, 5) is 20.6. The van der Waals surface area contributed by atoms with Gasteiger partial charge in [-0.25, -0.2) is 14.0 Å². The number of hydrogen-bond donors (Lipinski definition) is 3. The maximum Gasteiger partial charge on any atom is 0.414 e. The minimum absolute atomic E-state index is 0.233. The maximum atomic E-state index is 13.3. The molecule has 0 unspecified atom stereocenters. The van der Waals surface area contributed by atoms with E-state index in [-0.39, 0.29) is 5.82 Å². The van der Waals surface area contributed by atoms with Crippen LogP contribution in [-0.4, -0.2) is 43.8 Å². The zero-order valence-electron chi connectivity index (χ0n) is 19.0. The van der Waals surface area contributed by atoms with Gasteiger partial charge in [0.25, 0.3) is 0 Å². The first kappa shape index (κ1) is 25.3. The number of aliphatic carboxylic acids is 2. The summed E-state index contributed by atoms with van der Waals surface area (Å²) < 4.78 is 13.3. The number of halogens is 1. The minimum atomic E-state index is -1.82. The molecule has 0 saturated heterocycles. The molecule has 0 amide bonds. The first-order chi connectivity index (χ1) is 16.9. The predicted molar refractivity (Wildman–Crippen MR) is 130 cm³/mol. The molecule has 0 saturated carbocycles. The fourth-order valence-electron chi connectivity index (χ4n) is 3.53. The molecule has 0 aliphatic rings. The highest BCUT2D eigenvalue weighted by Crippen LogP contribution is 2.23. The van der Waals surface area contributed by atoms with Crippen LogP contribution in [0.3, 0.4) is 0 Å². The zero-order chi connectivity index (χ0) is 25.0. The number of benzene rings is 3. The molecule has 1 aromatic heterocycles. The summed E-state index contributed by atoms with van der Waals surface area (Å²) >= 11 is 0. The second-order valence-corrected chi connectivity index (χ2v) is 7.82. The zero-order valence-corrected chi connectivity index (χ0v) is 19.0. The lowest BCUT2D eigenvalue weighted by molar-refractivity contribution is -0.159. The van der Waals surface area contributed by atoms with Crippen molar-refractivity contribution in [2.75, 3.05) is 6.54 Å². The molecule has 0 aliphatic heterocycles. The summed E-state index contributed by atoms with van der Waals surface area (Å²) in [7, 11) is 0. The predicted octanol–water partition coefficient (Wildman–Crippen LogP) is 4.62. The minimum Gasteiger partial charge on any atom is -0.473 e. The van der Waals surface area contributed by atoms with Crippen molar-refractivity contribution in [1.82, 2.24) is 15.1 Å². The molecule has 180 valence electrons. The number of aromatic amines is 1. The third-order valence-electron chi connectivity index (χ3n) is 5.24. The fraction of sp³-hybridized carbons (Fsp3) is 0.148. The van der Waals surface area contributed by atoms with Crippen LogP contribution in [0.2, 0.25) is 0 Å². The number of carboxylic acid groups (broad SMARTS) is 2. The van der Waals surface area contributed by atoms with Crippen LogP contribution in [-0.2, 0) is 29.1 Å². The van der Waals surface area contributed by atoms with E-state index in [0.717, 1.165) is 42.9 Å². The lowest BCUT2D eigenvalue weighted by Crippen LogP contribution is -2.25. The van der Waals surface area contributed by atoms with Crippen LogP contribution in [0, 0.1) is 5.82 Å². The molecule has 0 spiro atoms. The van der Waals surface area contributed by atoms with Gasteiger partial charge in [-0.15, -0.1) is 0 Å². The molecule has 4 rings (SSSR count). The Morgan fingerprint density at radius 3 is 1.94 bits per heavy atom. The number of nitrogens with zero attached hydrogens (tertiary/aromatic N) is 2. The second-order valence-electron chi connectivity index (χ2n) is 7.82. The molecule has 7 nitrogen and oxygen atoms in total. The number of rotatable bonds is 8. The first-order valence-corrected chi connectivity index (χ1v) is 11.0. The van der Waals surface area contributed by atoms with Gasteiger partial charge in [0.1, 0.15) is 5.82 Å². The Kier molecular flexibility index (Phi) is 9.27. The molecule has 4 aromatic rings. The highest BCUT2D eigenvalue weighted by Gasteiger charge is 2.13. The fourth-order valence-corrected chi connectivity index (χ4v) is 3.53. The summed E-state index contributed by atoms with van der Waals surface area (Å²) in [5.41, 5.74) is 5.62. The molecule has 3 aromatic carbocycles. The molecule has 0 radical (unpaired) electrons. The Morgan fingerprint density at radius 2 is 1.37 bits per heavy atom. The molecule has 0 aliphatic carbocycles. The molecule has 0 fully saturated rings. The van der Waals surface area contributed by atoms with E-state index in [1.54, 1.807) is 12.1 Å². The summed E-state index contributed by atoms with van der Waals surface area (Å²) in [5.74, 6) is -3.88. The highest BCUT2D eigenvalue weighted by atomic mass is 19.1. The van der Waals surface area contributed by atoms with Gasteiger partial charge in [-0.3, -0.25) is 10.00 Å². The van der Waals surface area contributed by atoms with E-state index in [2.05, 4.69) is 63.6 Å². The summed E-state index contributed by atoms with van der Waals surface area (Å²) in [5, 5.41) is 22.1. The van der Waals surface area contributed by atoms with Crippen LogP contribution >= 0.6 is 0 Å². The monoisotopic (exact) mass is 475 g/mol. The standard InChI is InChI=1S/C25H24FN3.C2H2O4/c26-24-13-11-22(12-14-24)25-23(17-27-28-25)19-29(18-21-9-5-2-6-10-21)16-15-20-7-3-1-4-8-20;3-1(4)2(5)6/h1-14,17H,15-16,18-19H2,(H,27,28);(H,3,4)(H,5,6). The van der Waals surface area contributed by atoms with E-state index >= 15 is 0 Å². The van der Waals surface area contributed by atoms with E-state index in [4.69, 9.17) is 19.8 Å². The third kappa shape index (κ3) is 8.21. The van der Waals surface area contributed by atoms with Crippen molar-refractivity contribution in [1.29, 1.82) is 0 Å². The van der Waals surface area contributed by atoms with Crippen molar-refractivity contribution in [2.24, 2.45) is 0 Å². The van der Waals surface area contributed by atoms with Crippen molar-refractivity contribution in [3.63, 3.8) is 0 Å². The molecular weight excluding hydrogens is 449 g/mol. The normalized spacial score (nSPS) is 10.5. The maximum absolute atomic E-state index is 13.3. The van der Waals surface area contributed by atoms with Crippen LogP contribution in [0.5, 0.6) is 0 Å². The average molecular weight is 476 g/mol. The quantitative estimate of drug-likeness (QED) is 0.321. The highest BCUT2D eigenvalue weighted by molar-refractivity contribution is 6.27. The van der Waals surface area contributed by atoms with Crippen molar-refractivity contribution in [3.05, 3.63) is 114 Å². The number of H-pyrrole nitrogens is 1. The van der Waals surface area contributed by atoms with Gasteiger partial charge in [-0.2, -0.15) is 5.10 Å². The van der Waals surface area contributed by atoms with E-state index in [1.165, 1.54) is 23.3 Å². The SMILES string of the molecule is Fc1ccc(-c2[nH]ncc2CN(CCc2ccccc2)Cc2ccccc2)cc1.O=C(O)C(=O)O. The van der Waals surface area contributed by atoms with Crippen LogP contribution in [0.15, 0.2) is 91.1 Å². The second kappa shape index (κ2) is 12.8. The van der Waals surface area contributed by atoms with Gasteiger partial charge in [0, 0.05) is 30.8 Å². The Morgan fingerprint density at radius 1 is 0.800 bits per heavy atom. The van der Waals surface area contributed by atoms with Gasteiger partial charge in [0.05, 0.1) is 11.9 Å². The largest absolute Gasteiger partial charge is 0.473 e. The molecule has 0 atom stereocenters. The van der Waals surface area contributed by atoms with Crippen molar-refractivity contribution < 1.29 is 24.2 Å². The summed E-state index contributed by atoms with van der Waals surface area (Å²) in [6.07, 6.45) is 2.86. The van der Waals surface area contributed by atoms with E-state index < -0.39 is 11.9 Å². The Balaban J connectivity index is 0.000000509. The van der Waals surface area contributed by atoms with Gasteiger partial charge in [0.2, 0.25) is 0 Å². The smallest absolute Gasteiger partial charge is 0.414 e. The van der Waals surface area contributed by atoms with Crippen LogP contribution in [0.4, 0.5) is 4.39 Å². The van der Waals surface area contributed by atoms with Gasteiger partial charge >= 0.3 is 11.9 Å². The van der Waals surface area contributed by atoms with Crippen molar-refractivity contribution in [3.8, 4) is 11.3 Å². The summed E-state index contributed by atoms with van der Waals surface area (Å²) in [6.45, 7) is 2.57. The number of nitrogens with one attached hydrogen (secondary N) is 1. The van der Waals surface area contributed by atoms with Gasteiger partial charge in [0.15, 0.2) is 0 Å². The number of hydrogen-bond acceptors (Lipinski definition) is 4. The Hall–Kier alpha value is -4.30. The third-order valence-corrected chi connectivity index (χ3v) is 5.24. The molecule has 1 heterocycles. The number of aromatic nitrogens is 2. The number of carboxylic acids is 2. The van der Waals surface area contributed by atoms with Crippen LogP contribution < -0.4 is 0 Å². The van der Waals surface area contributed by atoms with E-state index in [9.17, 15) is 4.39 Å². The van der Waals surface area contributed by atoms with E-state index in [0.29, 0.717) is 0 Å². The van der Waals surface area contributed by atoms with Gasteiger partial charge < -0.3 is 10.2 Å². The molecule has 3 N–H and O–H groups in total. The topological polar surface area (TPSA) is 107 Å². The lowest BCUT2D eigenvalue weighted by Gasteiger charge is -2.22. The van der Waals surface area contributed by atoms with Crippen molar-refractivity contribution in [2.45, 2.75) is 19.5 Å². The van der Waals surface area contributed by atoms with Crippen molar-refractivity contribution >= 4 is 11.9 Å². The summed E-state index contributed by atoms with van der Waals surface area (Å²) in [6, 6.07) is 27.6. The molecule has 35 heavy (non-hydrogen) atoms. The Bertz CT molecular complexity index is 1200. The average Bonchev–Trinajstić information content (AvgIpc) is 3.33. The van der Waals surface area contributed by atoms with Crippen LogP contribution in [0.1, 0.15) is 16.7 Å². The van der Waals surface area contributed by atoms with Gasteiger partial charge in [-0.1, -0.05) is 60.7 Å². The first-order valence-electron chi connectivity index (χ1n) is 11.0. The Labute approximate surface area is 202 Å². The van der Waals surface area contributed by atoms with Crippen LogP contribution in [0.25, 0.3) is 11.3 Å². The molecular formula is C27H26FN3O4. The number of carbonyl (C=O) groups is 2. The van der Waals surface area contributed by atoms with E-state index in [1.807, 2.05) is 18.3 Å². The molecule has 8 heteroatoms.